The number of carbonyl (C=O) groups is 2. The van der Waals surface area contributed by atoms with E-state index in [9.17, 15) is 9.59 Å². The maximum Gasteiger partial charge on any atom is 0.139 e. The van der Waals surface area contributed by atoms with Crippen molar-refractivity contribution in [1.29, 1.82) is 0 Å². The largest absolute Gasteiger partial charge is 0.299 e. The minimum absolute atomic E-state index is 0.00407. The lowest BCUT2D eigenvalue weighted by Crippen LogP contribution is -2.49. The van der Waals surface area contributed by atoms with Crippen LogP contribution in [0.3, 0.4) is 0 Å². The molecule has 4 aliphatic rings. The average molecular weight is 288 g/mol. The molecule has 2 nitrogen and oxygen atoms in total. The molecule has 116 valence electrons. The molecule has 2 heteroatoms. The van der Waals surface area contributed by atoms with Crippen molar-refractivity contribution in [1.82, 2.24) is 0 Å². The molecule has 0 N–H and O–H groups in total. The maximum atomic E-state index is 12.3. The van der Waals surface area contributed by atoms with Crippen LogP contribution in [0.1, 0.15) is 65.2 Å². The molecule has 0 amide bonds. The van der Waals surface area contributed by atoms with E-state index in [2.05, 4.69) is 13.8 Å². The van der Waals surface area contributed by atoms with Gasteiger partial charge in [0.25, 0.3) is 0 Å². The molecule has 0 aromatic carbocycles. The Balaban J connectivity index is 1.60. The Morgan fingerprint density at radius 3 is 2.62 bits per heavy atom. The van der Waals surface area contributed by atoms with Gasteiger partial charge in [-0.2, -0.15) is 0 Å². The van der Waals surface area contributed by atoms with Crippen LogP contribution >= 0.6 is 0 Å². The van der Waals surface area contributed by atoms with Gasteiger partial charge in [0.2, 0.25) is 0 Å². The van der Waals surface area contributed by atoms with Gasteiger partial charge in [-0.3, -0.25) is 9.59 Å². The molecule has 0 heterocycles. The number of hydrogen-bond donors (Lipinski definition) is 0. The molecule has 0 bridgehead atoms. The van der Waals surface area contributed by atoms with E-state index >= 15 is 0 Å². The summed E-state index contributed by atoms with van der Waals surface area (Å²) in [6.45, 7) is 4.39. The summed E-state index contributed by atoms with van der Waals surface area (Å²) in [6.07, 6.45) is 8.81. The highest BCUT2D eigenvalue weighted by Crippen LogP contribution is 2.61. The number of hydrogen-bond acceptors (Lipinski definition) is 2. The van der Waals surface area contributed by atoms with Crippen LogP contribution in [0, 0.1) is 40.9 Å². The van der Waals surface area contributed by atoms with Gasteiger partial charge in [0.15, 0.2) is 0 Å². The SMILES string of the molecule is C[C@@H]1C[C@H]2[C@@H](CC[C@@H]3[C@@H]2CC[C@]2(C)C(=O)CC[C@@H]32)CC1=O. The standard InChI is InChI=1S/C19H28O2/c1-11-9-15-12(10-17(11)20)3-4-14-13(15)7-8-19(2)16(14)5-6-18(19)21/h11-16H,3-10H2,1-2H3/t11-,12+,13+,14-,15+,16+,19+/m1/s1. The minimum atomic E-state index is 0.00407. The zero-order valence-corrected chi connectivity index (χ0v) is 13.4. The monoisotopic (exact) mass is 288 g/mol. The summed E-state index contributed by atoms with van der Waals surface area (Å²) < 4.78 is 0. The van der Waals surface area contributed by atoms with Gasteiger partial charge < -0.3 is 0 Å². The predicted octanol–water partition coefficient (Wildman–Crippen LogP) is 4.02. The molecule has 0 saturated heterocycles. The summed E-state index contributed by atoms with van der Waals surface area (Å²) >= 11 is 0. The molecule has 4 fully saturated rings. The second kappa shape index (κ2) is 4.67. The van der Waals surface area contributed by atoms with Crippen LogP contribution in [-0.2, 0) is 9.59 Å². The van der Waals surface area contributed by atoms with Crippen LogP contribution < -0.4 is 0 Å². The molecule has 21 heavy (non-hydrogen) atoms. The van der Waals surface area contributed by atoms with E-state index < -0.39 is 0 Å². The van der Waals surface area contributed by atoms with Gasteiger partial charge in [0, 0.05) is 24.2 Å². The lowest BCUT2D eigenvalue weighted by Gasteiger charge is -2.54. The van der Waals surface area contributed by atoms with Gasteiger partial charge in [-0.1, -0.05) is 13.8 Å². The fourth-order valence-electron chi connectivity index (χ4n) is 6.62. The zero-order chi connectivity index (χ0) is 14.8. The van der Waals surface area contributed by atoms with Crippen LogP contribution in [0.15, 0.2) is 0 Å². The van der Waals surface area contributed by atoms with Crippen LogP contribution in [-0.4, -0.2) is 11.6 Å². The molecule has 0 spiro atoms. The van der Waals surface area contributed by atoms with Gasteiger partial charge in [0.1, 0.15) is 11.6 Å². The first-order chi connectivity index (χ1) is 10.0. The van der Waals surface area contributed by atoms with Crippen molar-refractivity contribution in [3.63, 3.8) is 0 Å². The summed E-state index contributed by atoms with van der Waals surface area (Å²) in [5.41, 5.74) is 0.00407. The smallest absolute Gasteiger partial charge is 0.139 e. The Hall–Kier alpha value is -0.660. The predicted molar refractivity (Wildman–Crippen MR) is 81.7 cm³/mol. The van der Waals surface area contributed by atoms with E-state index in [0.717, 1.165) is 49.9 Å². The van der Waals surface area contributed by atoms with Crippen molar-refractivity contribution in [2.24, 2.45) is 40.9 Å². The van der Waals surface area contributed by atoms with Crippen molar-refractivity contribution in [2.75, 3.05) is 0 Å². The molecule has 4 rings (SSSR count). The third-order valence-electron chi connectivity index (χ3n) is 7.87. The van der Waals surface area contributed by atoms with Crippen LogP contribution in [0.2, 0.25) is 0 Å². The summed E-state index contributed by atoms with van der Waals surface area (Å²) in [5, 5.41) is 0. The molecule has 7 atom stereocenters. The number of fused-ring (bicyclic) bond motifs is 5. The highest BCUT2D eigenvalue weighted by atomic mass is 16.1. The summed E-state index contributed by atoms with van der Waals surface area (Å²) in [6, 6.07) is 0. The van der Waals surface area contributed by atoms with Crippen molar-refractivity contribution >= 4 is 11.6 Å². The highest BCUT2D eigenvalue weighted by Gasteiger charge is 2.57. The minimum Gasteiger partial charge on any atom is -0.299 e. The zero-order valence-electron chi connectivity index (χ0n) is 13.4. The van der Waals surface area contributed by atoms with Crippen LogP contribution in [0.5, 0.6) is 0 Å². The van der Waals surface area contributed by atoms with E-state index in [-0.39, 0.29) is 11.3 Å². The Labute approximate surface area is 128 Å². The first-order valence-corrected chi connectivity index (χ1v) is 9.06. The maximum absolute atomic E-state index is 12.3. The number of rotatable bonds is 0. The number of ketones is 2. The Morgan fingerprint density at radius 2 is 1.81 bits per heavy atom. The van der Waals surface area contributed by atoms with Crippen LogP contribution in [0.25, 0.3) is 0 Å². The van der Waals surface area contributed by atoms with Gasteiger partial charge in [-0.15, -0.1) is 0 Å². The number of Topliss-reactive ketones (excluding diaryl/α,β-unsaturated/α-hetero) is 2. The Kier molecular flexibility index (Phi) is 3.10. The summed E-state index contributed by atoms with van der Waals surface area (Å²) in [5.74, 6) is 5.00. The second-order valence-corrected chi connectivity index (χ2v) is 8.66. The van der Waals surface area contributed by atoms with E-state index in [4.69, 9.17) is 0 Å². The topological polar surface area (TPSA) is 34.1 Å². The second-order valence-electron chi connectivity index (χ2n) is 8.66. The van der Waals surface area contributed by atoms with Gasteiger partial charge in [0.05, 0.1) is 0 Å². The molecular weight excluding hydrogens is 260 g/mol. The molecule has 0 aromatic rings. The molecule has 0 unspecified atom stereocenters. The van der Waals surface area contributed by atoms with Gasteiger partial charge in [-0.05, 0) is 68.1 Å². The molecule has 0 aliphatic heterocycles. The summed E-state index contributed by atoms with van der Waals surface area (Å²) in [7, 11) is 0. The van der Waals surface area contributed by atoms with Crippen LogP contribution in [0.4, 0.5) is 0 Å². The fraction of sp³-hybridized carbons (Fsp3) is 0.895. The molecular formula is C19H28O2. The molecule has 0 radical (unpaired) electrons. The number of carbonyl (C=O) groups excluding carboxylic acids is 2. The average Bonchev–Trinajstić information content (AvgIpc) is 2.76. The Morgan fingerprint density at radius 1 is 1.00 bits per heavy atom. The quantitative estimate of drug-likeness (QED) is 0.674. The fourth-order valence-corrected chi connectivity index (χ4v) is 6.62. The Bertz CT molecular complexity index is 482. The third-order valence-corrected chi connectivity index (χ3v) is 7.87. The molecule has 4 saturated carbocycles. The van der Waals surface area contributed by atoms with Crippen molar-refractivity contribution in [3.05, 3.63) is 0 Å². The van der Waals surface area contributed by atoms with E-state index in [1.54, 1.807) is 0 Å². The first-order valence-electron chi connectivity index (χ1n) is 9.06. The van der Waals surface area contributed by atoms with Crippen molar-refractivity contribution in [2.45, 2.75) is 65.2 Å². The highest BCUT2D eigenvalue weighted by molar-refractivity contribution is 5.87. The van der Waals surface area contributed by atoms with Gasteiger partial charge >= 0.3 is 0 Å². The van der Waals surface area contributed by atoms with Crippen molar-refractivity contribution < 1.29 is 9.59 Å². The van der Waals surface area contributed by atoms with Crippen molar-refractivity contribution in [3.8, 4) is 0 Å². The van der Waals surface area contributed by atoms with E-state index in [1.807, 2.05) is 0 Å². The molecule has 4 aliphatic carbocycles. The van der Waals surface area contributed by atoms with E-state index in [0.29, 0.717) is 23.4 Å². The lowest BCUT2D eigenvalue weighted by molar-refractivity contribution is -0.136. The first kappa shape index (κ1) is 14.0. The van der Waals surface area contributed by atoms with E-state index in [1.165, 1.54) is 19.3 Å². The lowest BCUT2D eigenvalue weighted by atomic mass is 9.50. The summed E-state index contributed by atoms with van der Waals surface area (Å²) in [4.78, 5) is 24.4. The third kappa shape index (κ3) is 1.90. The van der Waals surface area contributed by atoms with Gasteiger partial charge in [-0.25, -0.2) is 0 Å². The normalized spacial score (nSPS) is 53.0. The molecule has 0 aromatic heterocycles.